The van der Waals surface area contributed by atoms with E-state index in [9.17, 15) is 4.79 Å². The third kappa shape index (κ3) is 3.15. The molecule has 0 aliphatic rings. The van der Waals surface area contributed by atoms with Crippen molar-refractivity contribution in [1.29, 1.82) is 0 Å². The number of nitrogens with one attached hydrogen (secondary N) is 1. The maximum Gasteiger partial charge on any atom is 0.234 e. The summed E-state index contributed by atoms with van der Waals surface area (Å²) in [6, 6.07) is 18.0. The number of hydrogen-bond donors (Lipinski definition) is 1. The molecule has 4 aromatic rings. The Labute approximate surface area is 155 Å². The predicted octanol–water partition coefficient (Wildman–Crippen LogP) is 4.23. The molecule has 0 saturated carbocycles. The highest BCUT2D eigenvalue weighted by atomic mass is 32.2. The second-order valence-corrected chi connectivity index (χ2v) is 7.18. The van der Waals surface area contributed by atoms with Gasteiger partial charge in [0.2, 0.25) is 5.91 Å². The van der Waals surface area contributed by atoms with Gasteiger partial charge in [-0.1, -0.05) is 42.1 Å². The smallest absolute Gasteiger partial charge is 0.234 e. The van der Waals surface area contributed by atoms with Crippen LogP contribution in [0.4, 0.5) is 5.69 Å². The summed E-state index contributed by atoms with van der Waals surface area (Å²) in [7, 11) is 0. The van der Waals surface area contributed by atoms with E-state index in [-0.39, 0.29) is 11.7 Å². The summed E-state index contributed by atoms with van der Waals surface area (Å²) >= 11 is 1.39. The van der Waals surface area contributed by atoms with Crippen LogP contribution in [0.2, 0.25) is 0 Å². The maximum atomic E-state index is 12.3. The summed E-state index contributed by atoms with van der Waals surface area (Å²) in [5, 5.41) is 13.4. The average molecular weight is 362 g/mol. The van der Waals surface area contributed by atoms with Gasteiger partial charge in [-0.05, 0) is 54.6 Å². The van der Waals surface area contributed by atoms with Crippen LogP contribution in [0.1, 0.15) is 11.1 Å². The molecule has 5 nitrogen and oxygen atoms in total. The third-order valence-electron chi connectivity index (χ3n) is 4.17. The number of benzene rings is 2. The van der Waals surface area contributed by atoms with Crippen LogP contribution in [0.15, 0.2) is 59.8 Å². The Morgan fingerprint density at radius 1 is 1.08 bits per heavy atom. The lowest BCUT2D eigenvalue weighted by atomic mass is 10.1. The zero-order valence-corrected chi connectivity index (χ0v) is 15.4. The molecule has 0 spiro atoms. The van der Waals surface area contributed by atoms with E-state index in [1.807, 2.05) is 60.7 Å². The molecule has 0 aliphatic carbocycles. The molecule has 0 unspecified atom stereocenters. The lowest BCUT2D eigenvalue weighted by Crippen LogP contribution is -2.14. The Balaban J connectivity index is 1.59. The monoisotopic (exact) mass is 362 g/mol. The number of aromatic nitrogens is 3. The number of hydrogen-bond acceptors (Lipinski definition) is 4. The first-order valence-electron chi connectivity index (χ1n) is 8.34. The molecule has 2 aromatic heterocycles. The van der Waals surface area contributed by atoms with E-state index in [0.29, 0.717) is 0 Å². The number of rotatable bonds is 4. The topological polar surface area (TPSA) is 59.3 Å². The number of pyridine rings is 1. The van der Waals surface area contributed by atoms with Crippen LogP contribution in [0, 0.1) is 13.8 Å². The van der Waals surface area contributed by atoms with E-state index < -0.39 is 0 Å². The lowest BCUT2D eigenvalue weighted by Gasteiger charge is -2.07. The number of carbonyl (C=O) groups excluding carboxylic acids is 1. The Hall–Kier alpha value is -2.86. The van der Waals surface area contributed by atoms with E-state index >= 15 is 0 Å². The first kappa shape index (κ1) is 16.6. The summed E-state index contributed by atoms with van der Waals surface area (Å²) in [5.74, 6) is 0.214. The molecule has 2 heterocycles. The SMILES string of the molecule is Cc1cccc(NC(=O)CSc2nnc3c(C)cc4ccccc4n23)c1. The van der Waals surface area contributed by atoms with Crippen LogP contribution in [0.25, 0.3) is 16.6 Å². The average Bonchev–Trinajstić information content (AvgIpc) is 3.05. The van der Waals surface area contributed by atoms with Gasteiger partial charge in [-0.15, -0.1) is 10.2 Å². The van der Waals surface area contributed by atoms with Crippen molar-refractivity contribution >= 4 is 39.9 Å². The van der Waals surface area contributed by atoms with Crippen molar-refractivity contribution < 1.29 is 4.79 Å². The summed E-state index contributed by atoms with van der Waals surface area (Å²) in [4.78, 5) is 12.3. The fourth-order valence-electron chi connectivity index (χ4n) is 3.00. The quantitative estimate of drug-likeness (QED) is 0.552. The Kier molecular flexibility index (Phi) is 4.34. The molecule has 4 rings (SSSR count). The van der Waals surface area contributed by atoms with Crippen LogP contribution >= 0.6 is 11.8 Å². The van der Waals surface area contributed by atoms with Gasteiger partial charge in [-0.25, -0.2) is 0 Å². The van der Waals surface area contributed by atoms with Crippen molar-refractivity contribution in [2.75, 3.05) is 11.1 Å². The number of anilines is 1. The van der Waals surface area contributed by atoms with Gasteiger partial charge >= 0.3 is 0 Å². The Bertz CT molecular complexity index is 1120. The fourth-order valence-corrected chi connectivity index (χ4v) is 3.74. The Morgan fingerprint density at radius 3 is 2.77 bits per heavy atom. The second-order valence-electron chi connectivity index (χ2n) is 6.23. The van der Waals surface area contributed by atoms with E-state index in [4.69, 9.17) is 0 Å². The number of para-hydroxylation sites is 1. The van der Waals surface area contributed by atoms with Crippen molar-refractivity contribution in [3.8, 4) is 0 Å². The number of carbonyl (C=O) groups is 1. The highest BCUT2D eigenvalue weighted by Gasteiger charge is 2.13. The first-order chi connectivity index (χ1) is 12.6. The van der Waals surface area contributed by atoms with E-state index in [2.05, 4.69) is 27.6 Å². The van der Waals surface area contributed by atoms with Gasteiger partial charge in [0, 0.05) is 5.69 Å². The van der Waals surface area contributed by atoms with Crippen LogP contribution in [0.3, 0.4) is 0 Å². The summed E-state index contributed by atoms with van der Waals surface area (Å²) in [6.45, 7) is 4.02. The van der Waals surface area contributed by atoms with Gasteiger partial charge in [0.05, 0.1) is 11.3 Å². The first-order valence-corrected chi connectivity index (χ1v) is 9.33. The summed E-state index contributed by atoms with van der Waals surface area (Å²) < 4.78 is 2.02. The van der Waals surface area contributed by atoms with Crippen molar-refractivity contribution in [2.45, 2.75) is 19.0 Å². The van der Waals surface area contributed by atoms with Crippen molar-refractivity contribution in [1.82, 2.24) is 14.6 Å². The molecule has 26 heavy (non-hydrogen) atoms. The molecule has 0 aliphatic heterocycles. The van der Waals surface area contributed by atoms with Crippen LogP contribution in [0.5, 0.6) is 0 Å². The highest BCUT2D eigenvalue weighted by Crippen LogP contribution is 2.25. The van der Waals surface area contributed by atoms with Gasteiger partial charge in [0.15, 0.2) is 10.8 Å². The van der Waals surface area contributed by atoms with E-state index in [0.717, 1.165) is 38.5 Å². The molecular weight excluding hydrogens is 344 g/mol. The number of thioether (sulfide) groups is 1. The number of nitrogens with zero attached hydrogens (tertiary/aromatic N) is 3. The van der Waals surface area contributed by atoms with Gasteiger partial charge in [0.1, 0.15) is 0 Å². The van der Waals surface area contributed by atoms with Crippen LogP contribution in [-0.4, -0.2) is 26.3 Å². The minimum absolute atomic E-state index is 0.0608. The number of fused-ring (bicyclic) bond motifs is 3. The fraction of sp³-hybridized carbons (Fsp3) is 0.150. The molecule has 130 valence electrons. The van der Waals surface area contributed by atoms with Gasteiger partial charge in [0.25, 0.3) is 0 Å². The molecule has 0 radical (unpaired) electrons. The number of amides is 1. The maximum absolute atomic E-state index is 12.3. The second kappa shape index (κ2) is 6.80. The third-order valence-corrected chi connectivity index (χ3v) is 5.10. The number of aryl methyl sites for hydroxylation is 2. The molecule has 0 fully saturated rings. The van der Waals surface area contributed by atoms with Crippen LogP contribution < -0.4 is 5.32 Å². The predicted molar refractivity (Wildman–Crippen MR) is 106 cm³/mol. The molecule has 1 N–H and O–H groups in total. The molecule has 0 bridgehead atoms. The normalized spacial score (nSPS) is 11.2. The molecule has 2 aromatic carbocycles. The van der Waals surface area contributed by atoms with E-state index in [1.54, 1.807) is 0 Å². The van der Waals surface area contributed by atoms with E-state index in [1.165, 1.54) is 11.8 Å². The summed E-state index contributed by atoms with van der Waals surface area (Å²) in [5.41, 5.74) is 4.85. The summed E-state index contributed by atoms with van der Waals surface area (Å²) in [6.07, 6.45) is 0. The van der Waals surface area contributed by atoms with Crippen molar-refractivity contribution in [2.24, 2.45) is 0 Å². The minimum atomic E-state index is -0.0608. The Morgan fingerprint density at radius 2 is 1.92 bits per heavy atom. The molecular formula is C20H18N4OS. The van der Waals surface area contributed by atoms with Crippen molar-refractivity contribution in [3.63, 3.8) is 0 Å². The van der Waals surface area contributed by atoms with Crippen molar-refractivity contribution in [3.05, 3.63) is 65.7 Å². The molecule has 0 saturated heterocycles. The molecule has 0 atom stereocenters. The lowest BCUT2D eigenvalue weighted by molar-refractivity contribution is -0.113. The zero-order valence-electron chi connectivity index (χ0n) is 14.6. The standard InChI is InChI=1S/C20H18N4OS/c1-13-6-5-8-16(10-13)21-18(25)12-26-20-23-22-19-14(2)11-15-7-3-4-9-17(15)24(19)20/h3-11H,12H2,1-2H3,(H,21,25). The largest absolute Gasteiger partial charge is 0.325 e. The molecule has 1 amide bonds. The zero-order chi connectivity index (χ0) is 18.1. The highest BCUT2D eigenvalue weighted by molar-refractivity contribution is 7.99. The van der Waals surface area contributed by atoms with Gasteiger partial charge in [-0.3, -0.25) is 9.20 Å². The van der Waals surface area contributed by atoms with Gasteiger partial charge in [-0.2, -0.15) is 0 Å². The molecule has 6 heteroatoms. The minimum Gasteiger partial charge on any atom is -0.325 e. The van der Waals surface area contributed by atoms with Gasteiger partial charge < -0.3 is 5.32 Å². The van der Waals surface area contributed by atoms with Crippen LogP contribution in [-0.2, 0) is 4.79 Å².